The molecule has 26 heavy (non-hydrogen) atoms. The molecule has 2 aliphatic heterocycles. The van der Waals surface area contributed by atoms with Gasteiger partial charge in [0, 0.05) is 19.3 Å². The molecule has 0 unspecified atom stereocenters. The van der Waals surface area contributed by atoms with Crippen LogP contribution in [0.1, 0.15) is 58.3 Å². The summed E-state index contributed by atoms with van der Waals surface area (Å²) in [5, 5.41) is 3.17. The van der Waals surface area contributed by atoms with Crippen LogP contribution in [-0.2, 0) is 19.4 Å². The number of carbonyl (C=O) groups is 1. The number of hydrogen-bond acceptors (Lipinski definition) is 5. The lowest BCUT2D eigenvalue weighted by Gasteiger charge is -2.41. The molecule has 0 aromatic carbocycles. The van der Waals surface area contributed by atoms with Crippen LogP contribution in [0.5, 0.6) is 0 Å². The van der Waals surface area contributed by atoms with E-state index in [-0.39, 0.29) is 12.0 Å². The molecular formula is C19H34N2O4S. The van der Waals surface area contributed by atoms with Crippen molar-refractivity contribution in [3.63, 3.8) is 0 Å². The maximum atomic E-state index is 13.1. The third kappa shape index (κ3) is 4.25. The molecule has 1 amide bonds. The molecule has 3 aliphatic rings. The van der Waals surface area contributed by atoms with Gasteiger partial charge in [-0.05, 0) is 70.4 Å². The van der Waals surface area contributed by atoms with Crippen molar-refractivity contribution in [3.8, 4) is 0 Å². The van der Waals surface area contributed by atoms with Gasteiger partial charge in [-0.25, -0.2) is 8.42 Å². The number of nitrogens with one attached hydrogen (secondary N) is 1. The predicted octanol–water partition coefficient (Wildman–Crippen LogP) is 1.74. The number of ether oxygens (including phenoxy) is 1. The van der Waals surface area contributed by atoms with Crippen molar-refractivity contribution in [1.82, 2.24) is 10.2 Å². The van der Waals surface area contributed by atoms with Gasteiger partial charge in [-0.3, -0.25) is 4.79 Å². The number of piperidine rings is 2. The molecule has 0 bridgehead atoms. The minimum Gasteiger partial charge on any atom is -0.375 e. The van der Waals surface area contributed by atoms with Gasteiger partial charge in [0.25, 0.3) is 0 Å². The van der Waals surface area contributed by atoms with Crippen LogP contribution >= 0.6 is 0 Å². The van der Waals surface area contributed by atoms with Crippen molar-refractivity contribution >= 4 is 15.7 Å². The molecule has 1 N–H and O–H groups in total. The van der Waals surface area contributed by atoms with E-state index in [1.807, 2.05) is 0 Å². The van der Waals surface area contributed by atoms with E-state index in [1.54, 1.807) is 4.90 Å². The van der Waals surface area contributed by atoms with E-state index in [0.29, 0.717) is 45.1 Å². The van der Waals surface area contributed by atoms with Gasteiger partial charge in [-0.2, -0.15) is 0 Å². The first kappa shape index (κ1) is 20.1. The molecule has 1 saturated carbocycles. The van der Waals surface area contributed by atoms with E-state index in [9.17, 15) is 13.2 Å². The Morgan fingerprint density at radius 1 is 1.00 bits per heavy atom. The van der Waals surface area contributed by atoms with Crippen LogP contribution in [0.2, 0.25) is 0 Å². The maximum absolute atomic E-state index is 13.1. The molecule has 0 aromatic heterocycles. The molecule has 3 fully saturated rings. The smallest absolute Gasteiger partial charge is 0.244 e. The van der Waals surface area contributed by atoms with Gasteiger partial charge in [0.05, 0.1) is 12.2 Å². The lowest BCUT2D eigenvalue weighted by Crippen LogP contribution is -2.59. The van der Waals surface area contributed by atoms with Crippen LogP contribution in [0.25, 0.3) is 0 Å². The van der Waals surface area contributed by atoms with Crippen LogP contribution in [0.3, 0.4) is 0 Å². The third-order valence-electron chi connectivity index (χ3n) is 6.59. The van der Waals surface area contributed by atoms with E-state index in [1.165, 1.54) is 19.1 Å². The summed E-state index contributed by atoms with van der Waals surface area (Å²) < 4.78 is 29.9. The van der Waals surface area contributed by atoms with Crippen LogP contribution < -0.4 is 5.32 Å². The Labute approximate surface area is 158 Å². The van der Waals surface area contributed by atoms with Crippen LogP contribution in [-0.4, -0.2) is 68.6 Å². The highest BCUT2D eigenvalue weighted by Gasteiger charge is 2.50. The van der Waals surface area contributed by atoms with Gasteiger partial charge < -0.3 is 15.0 Å². The molecule has 0 atom stereocenters. The number of sulfone groups is 1. The van der Waals surface area contributed by atoms with E-state index in [0.717, 1.165) is 31.6 Å². The second-order valence-electron chi connectivity index (χ2n) is 8.53. The van der Waals surface area contributed by atoms with Crippen LogP contribution in [0.4, 0.5) is 0 Å². The molecule has 3 rings (SSSR count). The summed E-state index contributed by atoms with van der Waals surface area (Å²) in [6.45, 7) is 4.68. The highest BCUT2D eigenvalue weighted by molar-refractivity contribution is 7.92. The summed E-state index contributed by atoms with van der Waals surface area (Å²) >= 11 is 0. The molecule has 0 spiro atoms. The van der Waals surface area contributed by atoms with Crippen molar-refractivity contribution in [2.75, 3.05) is 32.4 Å². The Kier molecular flexibility index (Phi) is 6.29. The lowest BCUT2D eigenvalue weighted by molar-refractivity contribution is -0.138. The van der Waals surface area contributed by atoms with E-state index < -0.39 is 14.6 Å². The van der Waals surface area contributed by atoms with Gasteiger partial charge in [-0.1, -0.05) is 6.92 Å². The standard InChI is InChI=1S/C19H34N2O4S/c1-15-3-5-16(6-4-15)25-17-7-13-21(14-8-17)18(22)19(26(2,23)24)9-11-20-12-10-19/h15-17,20H,3-14H2,1-2H3. The molecule has 6 nitrogen and oxygen atoms in total. The molecule has 7 heteroatoms. The second-order valence-corrected chi connectivity index (χ2v) is 10.9. The zero-order chi connectivity index (χ0) is 18.8. The van der Waals surface area contributed by atoms with E-state index >= 15 is 0 Å². The number of hydrogen-bond donors (Lipinski definition) is 1. The zero-order valence-electron chi connectivity index (χ0n) is 16.2. The highest BCUT2D eigenvalue weighted by Crippen LogP contribution is 2.32. The maximum Gasteiger partial charge on any atom is 0.244 e. The Hall–Kier alpha value is -0.660. The monoisotopic (exact) mass is 386 g/mol. The van der Waals surface area contributed by atoms with Gasteiger partial charge in [0.15, 0.2) is 14.6 Å². The van der Waals surface area contributed by atoms with Crippen molar-refractivity contribution in [1.29, 1.82) is 0 Å². The summed E-state index contributed by atoms with van der Waals surface area (Å²) in [6.07, 6.45) is 8.95. The molecule has 2 saturated heterocycles. The fourth-order valence-corrected chi connectivity index (χ4v) is 6.09. The largest absolute Gasteiger partial charge is 0.375 e. The quantitative estimate of drug-likeness (QED) is 0.796. The number of nitrogens with zero attached hydrogens (tertiary/aromatic N) is 1. The minimum atomic E-state index is -3.44. The molecule has 150 valence electrons. The van der Waals surface area contributed by atoms with Crippen molar-refractivity contribution < 1.29 is 17.9 Å². The molecular weight excluding hydrogens is 352 g/mol. The number of amides is 1. The van der Waals surface area contributed by atoms with Gasteiger partial charge in [0.2, 0.25) is 5.91 Å². The topological polar surface area (TPSA) is 75.7 Å². The summed E-state index contributed by atoms with van der Waals surface area (Å²) in [5.74, 6) is 0.623. The van der Waals surface area contributed by atoms with Crippen molar-refractivity contribution in [2.45, 2.75) is 75.2 Å². The van der Waals surface area contributed by atoms with Crippen molar-refractivity contribution in [2.24, 2.45) is 5.92 Å². The Bertz CT molecular complexity index is 585. The highest BCUT2D eigenvalue weighted by atomic mass is 32.2. The average Bonchev–Trinajstić information content (AvgIpc) is 2.63. The normalized spacial score (nSPS) is 30.9. The Balaban J connectivity index is 1.56. The molecule has 1 aliphatic carbocycles. The summed E-state index contributed by atoms with van der Waals surface area (Å²) in [7, 11) is -3.44. The molecule has 0 radical (unpaired) electrons. The van der Waals surface area contributed by atoms with Gasteiger partial charge in [-0.15, -0.1) is 0 Å². The first-order valence-electron chi connectivity index (χ1n) is 10.2. The Morgan fingerprint density at radius 3 is 2.08 bits per heavy atom. The number of rotatable bonds is 4. The Morgan fingerprint density at radius 2 is 1.54 bits per heavy atom. The van der Waals surface area contributed by atoms with Crippen LogP contribution in [0.15, 0.2) is 0 Å². The van der Waals surface area contributed by atoms with Gasteiger partial charge >= 0.3 is 0 Å². The van der Waals surface area contributed by atoms with E-state index in [4.69, 9.17) is 4.74 Å². The van der Waals surface area contributed by atoms with Gasteiger partial charge in [0.1, 0.15) is 0 Å². The second kappa shape index (κ2) is 8.15. The fraction of sp³-hybridized carbons (Fsp3) is 0.947. The molecule has 2 heterocycles. The fourth-order valence-electron chi connectivity index (χ4n) is 4.69. The zero-order valence-corrected chi connectivity index (χ0v) is 17.0. The first-order chi connectivity index (χ1) is 12.3. The summed E-state index contributed by atoms with van der Waals surface area (Å²) in [4.78, 5) is 14.9. The summed E-state index contributed by atoms with van der Waals surface area (Å²) in [6, 6.07) is 0. The average molecular weight is 387 g/mol. The number of likely N-dealkylation sites (tertiary alicyclic amines) is 1. The third-order valence-corrected chi connectivity index (χ3v) is 8.59. The van der Waals surface area contributed by atoms with E-state index in [2.05, 4.69) is 12.2 Å². The van der Waals surface area contributed by atoms with Crippen LogP contribution in [0, 0.1) is 5.92 Å². The SMILES string of the molecule is CC1CCC(OC2CCN(C(=O)C3(S(C)(=O)=O)CCNCC3)CC2)CC1. The van der Waals surface area contributed by atoms with Crippen molar-refractivity contribution in [3.05, 3.63) is 0 Å². The number of carbonyl (C=O) groups excluding carboxylic acids is 1. The first-order valence-corrected chi connectivity index (χ1v) is 12.1. The minimum absolute atomic E-state index is 0.188. The molecule has 0 aromatic rings. The lowest BCUT2D eigenvalue weighted by atomic mass is 9.88. The predicted molar refractivity (Wildman–Crippen MR) is 102 cm³/mol. The summed E-state index contributed by atoms with van der Waals surface area (Å²) in [5.41, 5.74) is 0.